The molecule has 0 bridgehead atoms. The standard InChI is InChI=1S/C14H13Cl2NO4/c15-10-3-1-9(11(16)7-10)2-4-13(18)17-5-6-21-12(8-17)14(19)20/h1-4,7,12H,5-6,8H2,(H,19,20). The third kappa shape index (κ3) is 4.20. The minimum atomic E-state index is -1.07. The van der Waals surface area contributed by atoms with Crippen LogP contribution in [0.5, 0.6) is 0 Å². The first kappa shape index (κ1) is 15.8. The monoisotopic (exact) mass is 329 g/mol. The number of hydrogen-bond donors (Lipinski definition) is 1. The molecule has 1 aliphatic heterocycles. The van der Waals surface area contributed by atoms with Crippen molar-refractivity contribution in [2.45, 2.75) is 6.10 Å². The molecule has 1 atom stereocenters. The Balaban J connectivity index is 2.03. The molecule has 2 rings (SSSR count). The molecular formula is C14H13Cl2NO4. The second-order valence-corrected chi connectivity index (χ2v) is 5.32. The first-order valence-corrected chi connectivity index (χ1v) is 6.99. The van der Waals surface area contributed by atoms with Gasteiger partial charge < -0.3 is 14.7 Å². The number of hydrogen-bond acceptors (Lipinski definition) is 3. The van der Waals surface area contributed by atoms with Crippen LogP contribution in [0.2, 0.25) is 10.0 Å². The van der Waals surface area contributed by atoms with Crippen molar-refractivity contribution in [3.63, 3.8) is 0 Å². The van der Waals surface area contributed by atoms with Crippen molar-refractivity contribution in [1.82, 2.24) is 4.90 Å². The van der Waals surface area contributed by atoms with Gasteiger partial charge in [0.15, 0.2) is 6.10 Å². The highest BCUT2D eigenvalue weighted by molar-refractivity contribution is 6.35. The fourth-order valence-electron chi connectivity index (χ4n) is 1.90. The number of carbonyl (C=O) groups is 2. The molecule has 0 radical (unpaired) electrons. The largest absolute Gasteiger partial charge is 0.479 e. The average Bonchev–Trinajstić information content (AvgIpc) is 2.46. The van der Waals surface area contributed by atoms with E-state index in [9.17, 15) is 9.59 Å². The number of benzene rings is 1. The Morgan fingerprint density at radius 3 is 2.81 bits per heavy atom. The van der Waals surface area contributed by atoms with E-state index in [4.69, 9.17) is 33.0 Å². The van der Waals surface area contributed by atoms with Crippen LogP contribution >= 0.6 is 23.2 Å². The van der Waals surface area contributed by atoms with Crippen molar-refractivity contribution in [1.29, 1.82) is 0 Å². The van der Waals surface area contributed by atoms with Crippen molar-refractivity contribution in [3.8, 4) is 0 Å². The van der Waals surface area contributed by atoms with E-state index in [0.29, 0.717) is 22.2 Å². The second-order valence-electron chi connectivity index (χ2n) is 4.48. The molecule has 1 aromatic carbocycles. The first-order valence-electron chi connectivity index (χ1n) is 6.24. The Hall–Kier alpha value is -1.56. The van der Waals surface area contributed by atoms with Gasteiger partial charge in [-0.2, -0.15) is 0 Å². The van der Waals surface area contributed by atoms with Gasteiger partial charge in [0.2, 0.25) is 5.91 Å². The number of morpholine rings is 1. The number of halogens is 2. The Kier molecular flexibility index (Phi) is 5.22. The smallest absolute Gasteiger partial charge is 0.334 e. The molecule has 1 unspecified atom stereocenters. The van der Waals surface area contributed by atoms with E-state index in [-0.39, 0.29) is 19.1 Å². The summed E-state index contributed by atoms with van der Waals surface area (Å²) < 4.78 is 5.06. The minimum Gasteiger partial charge on any atom is -0.479 e. The van der Waals surface area contributed by atoms with Crippen LogP contribution in [0.3, 0.4) is 0 Å². The van der Waals surface area contributed by atoms with Gasteiger partial charge >= 0.3 is 5.97 Å². The molecule has 21 heavy (non-hydrogen) atoms. The van der Waals surface area contributed by atoms with E-state index in [2.05, 4.69) is 0 Å². The highest BCUT2D eigenvalue weighted by Gasteiger charge is 2.27. The van der Waals surface area contributed by atoms with Crippen molar-refractivity contribution in [3.05, 3.63) is 39.9 Å². The maximum absolute atomic E-state index is 12.0. The average molecular weight is 330 g/mol. The van der Waals surface area contributed by atoms with E-state index < -0.39 is 12.1 Å². The topological polar surface area (TPSA) is 66.8 Å². The Bertz CT molecular complexity index is 588. The summed E-state index contributed by atoms with van der Waals surface area (Å²) >= 11 is 11.8. The molecule has 0 aliphatic carbocycles. The summed E-state index contributed by atoms with van der Waals surface area (Å²) in [6, 6.07) is 4.96. The minimum absolute atomic E-state index is 0.0346. The highest BCUT2D eigenvalue weighted by Crippen LogP contribution is 2.22. The molecule has 1 aromatic rings. The van der Waals surface area contributed by atoms with Crippen molar-refractivity contribution < 1.29 is 19.4 Å². The van der Waals surface area contributed by atoms with Gasteiger partial charge in [-0.3, -0.25) is 4.79 Å². The van der Waals surface area contributed by atoms with Gasteiger partial charge in [-0.05, 0) is 23.8 Å². The maximum Gasteiger partial charge on any atom is 0.334 e. The summed E-state index contributed by atoms with van der Waals surface area (Å²) in [4.78, 5) is 24.3. The van der Waals surface area contributed by atoms with E-state index in [1.807, 2.05) is 0 Å². The predicted octanol–water partition coefficient (Wildman–Crippen LogP) is 2.32. The van der Waals surface area contributed by atoms with Gasteiger partial charge in [0.05, 0.1) is 13.2 Å². The zero-order valence-corrected chi connectivity index (χ0v) is 12.5. The molecule has 0 saturated carbocycles. The summed E-state index contributed by atoms with van der Waals surface area (Å²) in [5.74, 6) is -1.35. The summed E-state index contributed by atoms with van der Waals surface area (Å²) in [6.07, 6.45) is 1.96. The van der Waals surface area contributed by atoms with Crippen LogP contribution in [0.25, 0.3) is 6.08 Å². The van der Waals surface area contributed by atoms with Crippen LogP contribution in [0.4, 0.5) is 0 Å². The normalized spacial score (nSPS) is 19.0. The number of ether oxygens (including phenoxy) is 1. The van der Waals surface area contributed by atoms with Crippen LogP contribution in [-0.4, -0.2) is 47.7 Å². The quantitative estimate of drug-likeness (QED) is 0.864. The summed E-state index contributed by atoms with van der Waals surface area (Å²) in [7, 11) is 0. The molecule has 1 fully saturated rings. The fourth-order valence-corrected chi connectivity index (χ4v) is 2.37. The summed E-state index contributed by atoms with van der Waals surface area (Å²) in [5.41, 5.74) is 0.664. The highest BCUT2D eigenvalue weighted by atomic mass is 35.5. The lowest BCUT2D eigenvalue weighted by atomic mass is 10.2. The fraction of sp³-hybridized carbons (Fsp3) is 0.286. The van der Waals surface area contributed by atoms with Gasteiger partial charge in [0.1, 0.15) is 0 Å². The Labute approximate surface area is 131 Å². The molecule has 1 aliphatic rings. The summed E-state index contributed by atoms with van der Waals surface area (Å²) in [5, 5.41) is 9.85. The first-order chi connectivity index (χ1) is 9.97. The van der Waals surface area contributed by atoms with Crippen molar-refractivity contribution in [2.75, 3.05) is 19.7 Å². The SMILES string of the molecule is O=C(O)C1CN(C(=O)C=Cc2ccc(Cl)cc2Cl)CCO1. The molecule has 0 spiro atoms. The lowest BCUT2D eigenvalue weighted by Gasteiger charge is -2.30. The zero-order chi connectivity index (χ0) is 15.4. The molecule has 1 N–H and O–H groups in total. The van der Waals surface area contributed by atoms with E-state index >= 15 is 0 Å². The molecule has 1 saturated heterocycles. The number of carbonyl (C=O) groups excluding carboxylic acids is 1. The maximum atomic E-state index is 12.0. The molecule has 5 nitrogen and oxygen atoms in total. The molecule has 1 amide bonds. The van der Waals surface area contributed by atoms with Gasteiger partial charge in [-0.1, -0.05) is 29.3 Å². The molecule has 7 heteroatoms. The van der Waals surface area contributed by atoms with E-state index in [1.54, 1.807) is 24.3 Å². The Morgan fingerprint density at radius 1 is 1.38 bits per heavy atom. The van der Waals surface area contributed by atoms with Gasteiger partial charge in [0.25, 0.3) is 0 Å². The van der Waals surface area contributed by atoms with Gasteiger partial charge in [-0.15, -0.1) is 0 Å². The third-order valence-corrected chi connectivity index (χ3v) is 3.58. The van der Waals surface area contributed by atoms with Crippen LogP contribution in [0, 0.1) is 0 Å². The molecule has 0 aromatic heterocycles. The van der Waals surface area contributed by atoms with Crippen molar-refractivity contribution >= 4 is 41.2 Å². The van der Waals surface area contributed by atoms with Gasteiger partial charge in [-0.25, -0.2) is 4.79 Å². The number of amides is 1. The molecular weight excluding hydrogens is 317 g/mol. The van der Waals surface area contributed by atoms with E-state index in [1.165, 1.54) is 11.0 Å². The second kappa shape index (κ2) is 6.93. The summed E-state index contributed by atoms with van der Waals surface area (Å²) in [6.45, 7) is 0.604. The Morgan fingerprint density at radius 2 is 2.14 bits per heavy atom. The zero-order valence-electron chi connectivity index (χ0n) is 11.0. The van der Waals surface area contributed by atoms with Gasteiger partial charge in [0, 0.05) is 22.7 Å². The number of carboxylic acid groups (broad SMARTS) is 1. The lowest BCUT2D eigenvalue weighted by Crippen LogP contribution is -2.48. The van der Waals surface area contributed by atoms with Crippen LogP contribution in [-0.2, 0) is 14.3 Å². The lowest BCUT2D eigenvalue weighted by molar-refractivity contribution is -0.158. The van der Waals surface area contributed by atoms with E-state index in [0.717, 1.165) is 0 Å². The van der Waals surface area contributed by atoms with Crippen molar-refractivity contribution in [2.24, 2.45) is 0 Å². The number of aliphatic carboxylic acids is 1. The van der Waals surface area contributed by atoms with Crippen LogP contribution < -0.4 is 0 Å². The number of rotatable bonds is 3. The number of nitrogens with zero attached hydrogens (tertiary/aromatic N) is 1. The van der Waals surface area contributed by atoms with Crippen LogP contribution in [0.15, 0.2) is 24.3 Å². The third-order valence-electron chi connectivity index (χ3n) is 3.02. The molecule has 112 valence electrons. The molecule has 1 heterocycles. The number of carboxylic acids is 1. The van der Waals surface area contributed by atoms with Crippen LogP contribution in [0.1, 0.15) is 5.56 Å². The predicted molar refractivity (Wildman–Crippen MR) is 79.5 cm³/mol.